The van der Waals surface area contributed by atoms with Crippen molar-refractivity contribution in [2.75, 3.05) is 30.1 Å². The van der Waals surface area contributed by atoms with Crippen molar-refractivity contribution in [1.29, 1.82) is 0 Å². The molecule has 0 spiro atoms. The SMILES string of the molecule is CC.CSc1cc(C2CCOC2)ccc1Nc1cc(NC(=O)C2CC2)nc2nc(C)[nH]c12. The molecule has 1 aliphatic heterocycles. The highest BCUT2D eigenvalue weighted by Gasteiger charge is 2.30. The number of amides is 1. The van der Waals surface area contributed by atoms with Crippen LogP contribution < -0.4 is 10.6 Å². The van der Waals surface area contributed by atoms with Gasteiger partial charge in [0.2, 0.25) is 5.91 Å². The summed E-state index contributed by atoms with van der Waals surface area (Å²) < 4.78 is 5.55. The third-order valence-corrected chi connectivity index (χ3v) is 6.45. The molecule has 3 heterocycles. The molecule has 32 heavy (non-hydrogen) atoms. The smallest absolute Gasteiger partial charge is 0.228 e. The van der Waals surface area contributed by atoms with Gasteiger partial charge in [0.1, 0.15) is 17.2 Å². The first-order valence-electron chi connectivity index (χ1n) is 11.3. The maximum absolute atomic E-state index is 12.2. The zero-order valence-electron chi connectivity index (χ0n) is 19.1. The van der Waals surface area contributed by atoms with Gasteiger partial charge < -0.3 is 20.4 Å². The number of thioether (sulfide) groups is 1. The molecule has 0 bridgehead atoms. The Labute approximate surface area is 193 Å². The van der Waals surface area contributed by atoms with Crippen molar-refractivity contribution in [3.8, 4) is 0 Å². The number of aryl methyl sites for hydroxylation is 1. The summed E-state index contributed by atoms with van der Waals surface area (Å²) in [6, 6.07) is 8.42. The quantitative estimate of drug-likeness (QED) is 0.420. The summed E-state index contributed by atoms with van der Waals surface area (Å²) in [6.07, 6.45) is 5.06. The van der Waals surface area contributed by atoms with Crippen molar-refractivity contribution in [2.24, 2.45) is 5.92 Å². The lowest BCUT2D eigenvalue weighted by molar-refractivity contribution is -0.117. The number of nitrogens with zero attached hydrogens (tertiary/aromatic N) is 2. The van der Waals surface area contributed by atoms with E-state index in [1.165, 1.54) is 10.5 Å². The van der Waals surface area contributed by atoms with E-state index in [4.69, 9.17) is 4.74 Å². The zero-order valence-corrected chi connectivity index (χ0v) is 19.9. The van der Waals surface area contributed by atoms with Crippen LogP contribution in [0.5, 0.6) is 0 Å². The van der Waals surface area contributed by atoms with Gasteiger partial charge in [-0.15, -0.1) is 11.8 Å². The van der Waals surface area contributed by atoms with E-state index >= 15 is 0 Å². The summed E-state index contributed by atoms with van der Waals surface area (Å²) in [5.41, 5.74) is 4.60. The fourth-order valence-electron chi connectivity index (χ4n) is 3.85. The van der Waals surface area contributed by atoms with Crippen LogP contribution in [0.15, 0.2) is 29.2 Å². The molecule has 2 aromatic heterocycles. The van der Waals surface area contributed by atoms with Crippen molar-refractivity contribution < 1.29 is 9.53 Å². The molecule has 1 unspecified atom stereocenters. The van der Waals surface area contributed by atoms with Gasteiger partial charge in [-0.3, -0.25) is 4.79 Å². The Balaban J connectivity index is 0.00000119. The van der Waals surface area contributed by atoms with Crippen LogP contribution in [0.4, 0.5) is 17.2 Å². The lowest BCUT2D eigenvalue weighted by Gasteiger charge is -2.16. The van der Waals surface area contributed by atoms with E-state index in [2.05, 4.69) is 50.0 Å². The molecular weight excluding hydrogens is 422 g/mol. The zero-order chi connectivity index (χ0) is 22.7. The number of fused-ring (bicyclic) bond motifs is 1. The molecule has 5 rings (SSSR count). The minimum absolute atomic E-state index is 0.0352. The summed E-state index contributed by atoms with van der Waals surface area (Å²) in [5, 5.41) is 6.48. The number of nitrogens with one attached hydrogen (secondary N) is 3. The number of anilines is 3. The normalized spacial score (nSPS) is 17.7. The molecule has 1 aromatic carbocycles. The van der Waals surface area contributed by atoms with Crippen molar-refractivity contribution in [3.05, 3.63) is 35.7 Å². The van der Waals surface area contributed by atoms with Crippen LogP contribution in [-0.2, 0) is 9.53 Å². The van der Waals surface area contributed by atoms with Crippen LogP contribution in [0.1, 0.15) is 50.4 Å². The van der Waals surface area contributed by atoms with Crippen LogP contribution >= 0.6 is 11.8 Å². The Morgan fingerprint density at radius 3 is 2.66 bits per heavy atom. The van der Waals surface area contributed by atoms with Crippen LogP contribution in [0.25, 0.3) is 11.2 Å². The van der Waals surface area contributed by atoms with Crippen LogP contribution in [0, 0.1) is 12.8 Å². The number of carbonyl (C=O) groups is 1. The van der Waals surface area contributed by atoms with E-state index in [-0.39, 0.29) is 11.8 Å². The van der Waals surface area contributed by atoms with E-state index in [9.17, 15) is 4.79 Å². The molecule has 1 atom stereocenters. The Morgan fingerprint density at radius 2 is 1.97 bits per heavy atom. The minimum atomic E-state index is 0.0352. The molecule has 170 valence electrons. The van der Waals surface area contributed by atoms with E-state index in [0.29, 0.717) is 17.4 Å². The summed E-state index contributed by atoms with van der Waals surface area (Å²) in [6.45, 7) is 7.53. The maximum Gasteiger partial charge on any atom is 0.228 e. The second-order valence-electron chi connectivity index (χ2n) is 7.98. The van der Waals surface area contributed by atoms with E-state index in [1.54, 1.807) is 11.8 Å². The maximum atomic E-state index is 12.2. The molecule has 1 amide bonds. The molecule has 1 aliphatic carbocycles. The predicted molar refractivity (Wildman–Crippen MR) is 131 cm³/mol. The van der Waals surface area contributed by atoms with Crippen molar-refractivity contribution in [2.45, 2.75) is 50.8 Å². The number of aromatic nitrogens is 3. The van der Waals surface area contributed by atoms with Gasteiger partial charge in [-0.1, -0.05) is 19.9 Å². The molecule has 7 nitrogen and oxygen atoms in total. The van der Waals surface area contributed by atoms with Crippen LogP contribution in [0.3, 0.4) is 0 Å². The number of imidazole rings is 1. The molecular formula is C24H31N5O2S. The van der Waals surface area contributed by atoms with E-state index < -0.39 is 0 Å². The second kappa shape index (κ2) is 9.92. The first-order chi connectivity index (χ1) is 15.6. The number of aromatic amines is 1. The number of pyridine rings is 1. The molecule has 3 aromatic rings. The third-order valence-electron chi connectivity index (χ3n) is 5.68. The lowest BCUT2D eigenvalue weighted by Crippen LogP contribution is -2.14. The van der Waals surface area contributed by atoms with Crippen molar-refractivity contribution in [3.63, 3.8) is 0 Å². The monoisotopic (exact) mass is 453 g/mol. The Hall–Kier alpha value is -2.58. The Morgan fingerprint density at radius 1 is 1.16 bits per heavy atom. The van der Waals surface area contributed by atoms with Crippen molar-refractivity contribution >= 4 is 46.0 Å². The number of hydrogen-bond acceptors (Lipinski definition) is 6. The number of rotatable bonds is 6. The van der Waals surface area contributed by atoms with Crippen LogP contribution in [-0.4, -0.2) is 40.3 Å². The van der Waals surface area contributed by atoms with E-state index in [0.717, 1.165) is 55.2 Å². The van der Waals surface area contributed by atoms with Gasteiger partial charge in [-0.25, -0.2) is 9.97 Å². The summed E-state index contributed by atoms with van der Waals surface area (Å²) in [5.74, 6) is 1.94. The fourth-order valence-corrected chi connectivity index (χ4v) is 4.44. The average molecular weight is 454 g/mol. The number of ether oxygens (including phenoxy) is 1. The first kappa shape index (κ1) is 22.6. The summed E-state index contributed by atoms with van der Waals surface area (Å²) in [7, 11) is 0. The molecule has 2 aliphatic rings. The fraction of sp³-hybridized carbons (Fsp3) is 0.458. The van der Waals surface area contributed by atoms with Gasteiger partial charge in [0.25, 0.3) is 0 Å². The van der Waals surface area contributed by atoms with Crippen LogP contribution in [0.2, 0.25) is 0 Å². The number of H-pyrrole nitrogens is 1. The molecule has 1 saturated heterocycles. The number of hydrogen-bond donors (Lipinski definition) is 3. The second-order valence-corrected chi connectivity index (χ2v) is 8.83. The first-order valence-corrected chi connectivity index (χ1v) is 12.5. The van der Waals surface area contributed by atoms with Gasteiger partial charge in [0, 0.05) is 29.4 Å². The highest BCUT2D eigenvalue weighted by atomic mass is 32.2. The third kappa shape index (κ3) is 4.91. The Bertz CT molecular complexity index is 1100. The average Bonchev–Trinajstić information content (AvgIpc) is 3.38. The highest BCUT2D eigenvalue weighted by Crippen LogP contribution is 2.36. The topological polar surface area (TPSA) is 91.9 Å². The van der Waals surface area contributed by atoms with E-state index in [1.807, 2.05) is 26.8 Å². The van der Waals surface area contributed by atoms with Gasteiger partial charge >= 0.3 is 0 Å². The molecule has 3 N–H and O–H groups in total. The lowest BCUT2D eigenvalue weighted by atomic mass is 9.98. The highest BCUT2D eigenvalue weighted by molar-refractivity contribution is 7.98. The minimum Gasteiger partial charge on any atom is -0.381 e. The Kier molecular flexibility index (Phi) is 7.01. The molecule has 1 saturated carbocycles. The van der Waals surface area contributed by atoms with Gasteiger partial charge in [-0.2, -0.15) is 0 Å². The number of benzene rings is 1. The summed E-state index contributed by atoms with van der Waals surface area (Å²) in [4.78, 5) is 25.7. The molecule has 0 radical (unpaired) electrons. The van der Waals surface area contributed by atoms with Gasteiger partial charge in [-0.05, 0) is 50.1 Å². The molecule has 2 fully saturated rings. The van der Waals surface area contributed by atoms with Crippen molar-refractivity contribution in [1.82, 2.24) is 15.0 Å². The van der Waals surface area contributed by atoms with Gasteiger partial charge in [0.15, 0.2) is 5.65 Å². The predicted octanol–water partition coefficient (Wildman–Crippen LogP) is 5.61. The number of carbonyl (C=O) groups excluding carboxylic acids is 1. The standard InChI is InChI=1S/C22H25N5O2S.C2H6/c1-12-23-20-17(10-19(26-21(20)24-12)27-22(28)13-3-4-13)25-16-6-5-14(9-18(16)30-2)15-7-8-29-11-15;1-2/h5-6,9-10,13,15H,3-4,7-8,11H2,1-2H3,(H3,23,24,25,26,27,28);1-2H3. The molecule has 8 heteroatoms. The largest absolute Gasteiger partial charge is 0.381 e. The summed E-state index contributed by atoms with van der Waals surface area (Å²) >= 11 is 1.71. The van der Waals surface area contributed by atoms with Gasteiger partial charge in [0.05, 0.1) is 18.0 Å².